The lowest BCUT2D eigenvalue weighted by Gasteiger charge is -2.20. The first-order chi connectivity index (χ1) is 6.17. The first-order valence-corrected chi connectivity index (χ1v) is 4.63. The van der Waals surface area contributed by atoms with E-state index in [1.54, 1.807) is 0 Å². The van der Waals surface area contributed by atoms with Crippen molar-refractivity contribution in [3.63, 3.8) is 0 Å². The van der Waals surface area contributed by atoms with Crippen molar-refractivity contribution in [1.82, 2.24) is 0 Å². The Morgan fingerprint density at radius 1 is 1.31 bits per heavy atom. The van der Waals surface area contributed by atoms with Crippen LogP contribution in [0.4, 0.5) is 5.69 Å². The van der Waals surface area contributed by atoms with Crippen molar-refractivity contribution < 1.29 is 4.74 Å². The number of rotatable bonds is 0. The predicted molar refractivity (Wildman–Crippen MR) is 54.2 cm³/mol. The molecule has 70 valence electrons. The van der Waals surface area contributed by atoms with Gasteiger partial charge in [0.25, 0.3) is 0 Å². The van der Waals surface area contributed by atoms with E-state index in [-0.39, 0.29) is 5.41 Å². The summed E-state index contributed by atoms with van der Waals surface area (Å²) < 4.78 is 5.70. The fraction of sp³-hybridized carbons (Fsp3) is 0.455. The molecule has 0 unspecified atom stereocenters. The highest BCUT2D eigenvalue weighted by molar-refractivity contribution is 5.56. The highest BCUT2D eigenvalue weighted by Gasteiger charge is 2.22. The van der Waals surface area contributed by atoms with Crippen LogP contribution in [0.5, 0.6) is 5.75 Å². The summed E-state index contributed by atoms with van der Waals surface area (Å²) in [7, 11) is 0. The predicted octanol–water partition coefficient (Wildman–Crippen LogP) is 2.52. The molecular formula is C11H15NO. The maximum Gasteiger partial charge on any atom is 0.142 e. The molecule has 0 spiro atoms. The van der Waals surface area contributed by atoms with Gasteiger partial charge < -0.3 is 10.1 Å². The third kappa shape index (κ3) is 1.77. The van der Waals surface area contributed by atoms with E-state index in [2.05, 4.69) is 25.2 Å². The first kappa shape index (κ1) is 8.42. The quantitative estimate of drug-likeness (QED) is 0.657. The van der Waals surface area contributed by atoms with Crippen LogP contribution in [0.2, 0.25) is 0 Å². The minimum absolute atomic E-state index is 0.207. The second-order valence-corrected chi connectivity index (χ2v) is 4.30. The zero-order valence-electron chi connectivity index (χ0n) is 8.13. The van der Waals surface area contributed by atoms with Crippen LogP contribution in [0.15, 0.2) is 24.3 Å². The molecule has 2 nitrogen and oxygen atoms in total. The van der Waals surface area contributed by atoms with Gasteiger partial charge in [-0.3, -0.25) is 0 Å². The van der Waals surface area contributed by atoms with Crippen LogP contribution in [0.25, 0.3) is 0 Å². The highest BCUT2D eigenvalue weighted by atomic mass is 16.5. The zero-order valence-corrected chi connectivity index (χ0v) is 8.13. The molecule has 0 amide bonds. The van der Waals surface area contributed by atoms with Crippen LogP contribution in [0.3, 0.4) is 0 Å². The van der Waals surface area contributed by atoms with E-state index < -0.39 is 0 Å². The molecule has 1 heterocycles. The van der Waals surface area contributed by atoms with E-state index in [9.17, 15) is 0 Å². The second kappa shape index (κ2) is 2.95. The van der Waals surface area contributed by atoms with Crippen molar-refractivity contribution >= 4 is 5.69 Å². The summed E-state index contributed by atoms with van der Waals surface area (Å²) in [5.74, 6) is 0.966. The van der Waals surface area contributed by atoms with Crippen molar-refractivity contribution in [1.29, 1.82) is 0 Å². The molecule has 0 atom stereocenters. The summed E-state index contributed by atoms with van der Waals surface area (Å²) in [5, 5.41) is 3.39. The standard InChI is InChI=1S/C11H15NO/c1-11(2)7-12-9-5-3-4-6-10(9)13-8-11/h3-6,12H,7-8H2,1-2H3. The summed E-state index contributed by atoms with van der Waals surface area (Å²) in [5.41, 5.74) is 1.31. The number of hydrogen-bond donors (Lipinski definition) is 1. The van der Waals surface area contributed by atoms with Gasteiger partial charge in [-0.25, -0.2) is 0 Å². The number of para-hydroxylation sites is 2. The Hall–Kier alpha value is -1.18. The smallest absolute Gasteiger partial charge is 0.142 e. The third-order valence-electron chi connectivity index (χ3n) is 2.26. The molecule has 0 bridgehead atoms. The highest BCUT2D eigenvalue weighted by Crippen LogP contribution is 2.30. The van der Waals surface area contributed by atoms with Gasteiger partial charge in [0.1, 0.15) is 5.75 Å². The van der Waals surface area contributed by atoms with Crippen molar-refractivity contribution in [3.8, 4) is 5.75 Å². The average molecular weight is 177 g/mol. The lowest BCUT2D eigenvalue weighted by molar-refractivity contribution is 0.200. The van der Waals surface area contributed by atoms with Crippen molar-refractivity contribution in [2.75, 3.05) is 18.5 Å². The summed E-state index contributed by atoms with van der Waals surface area (Å²) in [6.45, 7) is 6.14. The number of benzene rings is 1. The summed E-state index contributed by atoms with van der Waals surface area (Å²) in [6.07, 6.45) is 0. The van der Waals surface area contributed by atoms with Crippen LogP contribution in [0.1, 0.15) is 13.8 Å². The van der Waals surface area contributed by atoms with Gasteiger partial charge in [0, 0.05) is 12.0 Å². The number of fused-ring (bicyclic) bond motifs is 1. The molecule has 1 N–H and O–H groups in total. The molecule has 0 saturated heterocycles. The van der Waals surface area contributed by atoms with Crippen molar-refractivity contribution in [3.05, 3.63) is 24.3 Å². The van der Waals surface area contributed by atoms with Crippen LogP contribution in [0, 0.1) is 5.41 Å². The van der Waals surface area contributed by atoms with Gasteiger partial charge in [-0.05, 0) is 12.1 Å². The molecule has 1 aromatic carbocycles. The second-order valence-electron chi connectivity index (χ2n) is 4.30. The lowest BCUT2D eigenvalue weighted by atomic mass is 9.95. The van der Waals surface area contributed by atoms with E-state index in [0.29, 0.717) is 0 Å². The van der Waals surface area contributed by atoms with Crippen LogP contribution in [-0.2, 0) is 0 Å². The largest absolute Gasteiger partial charge is 0.491 e. The molecule has 1 aliphatic rings. The molecule has 13 heavy (non-hydrogen) atoms. The van der Waals surface area contributed by atoms with Gasteiger partial charge in [0.05, 0.1) is 12.3 Å². The Labute approximate surface area is 78.9 Å². The Morgan fingerprint density at radius 2 is 2.08 bits per heavy atom. The lowest BCUT2D eigenvalue weighted by Crippen LogP contribution is -2.27. The topological polar surface area (TPSA) is 21.3 Å². The fourth-order valence-electron chi connectivity index (χ4n) is 1.40. The molecule has 0 saturated carbocycles. The normalized spacial score (nSPS) is 19.2. The fourth-order valence-corrected chi connectivity index (χ4v) is 1.40. The number of anilines is 1. The van der Waals surface area contributed by atoms with Crippen LogP contribution < -0.4 is 10.1 Å². The first-order valence-electron chi connectivity index (χ1n) is 4.63. The Balaban J connectivity index is 2.27. The Kier molecular flexibility index (Phi) is 1.91. The number of ether oxygens (including phenoxy) is 1. The molecule has 0 aromatic heterocycles. The van der Waals surface area contributed by atoms with Crippen LogP contribution >= 0.6 is 0 Å². The molecule has 0 radical (unpaired) electrons. The zero-order chi connectivity index (χ0) is 9.31. The molecule has 0 fully saturated rings. The van der Waals surface area contributed by atoms with Gasteiger partial charge in [0.15, 0.2) is 0 Å². The minimum Gasteiger partial charge on any atom is -0.491 e. The molecule has 2 rings (SSSR count). The molecule has 2 heteroatoms. The van der Waals surface area contributed by atoms with E-state index in [1.807, 2.05) is 18.2 Å². The molecule has 1 aromatic rings. The maximum atomic E-state index is 5.70. The van der Waals surface area contributed by atoms with Gasteiger partial charge in [-0.2, -0.15) is 0 Å². The monoisotopic (exact) mass is 177 g/mol. The molecule has 1 aliphatic heterocycles. The van der Waals surface area contributed by atoms with Crippen LogP contribution in [-0.4, -0.2) is 13.2 Å². The third-order valence-corrected chi connectivity index (χ3v) is 2.26. The summed E-state index contributed by atoms with van der Waals surface area (Å²) in [4.78, 5) is 0. The molecular weight excluding hydrogens is 162 g/mol. The van der Waals surface area contributed by atoms with E-state index in [0.717, 1.165) is 24.6 Å². The average Bonchev–Trinajstić information content (AvgIpc) is 2.27. The van der Waals surface area contributed by atoms with Crippen molar-refractivity contribution in [2.45, 2.75) is 13.8 Å². The summed E-state index contributed by atoms with van der Waals surface area (Å²) in [6, 6.07) is 8.08. The maximum absolute atomic E-state index is 5.70. The molecule has 0 aliphatic carbocycles. The Morgan fingerprint density at radius 3 is 2.92 bits per heavy atom. The van der Waals surface area contributed by atoms with Crippen molar-refractivity contribution in [2.24, 2.45) is 5.41 Å². The Bertz CT molecular complexity index is 278. The van der Waals surface area contributed by atoms with E-state index >= 15 is 0 Å². The van der Waals surface area contributed by atoms with Gasteiger partial charge in [-0.15, -0.1) is 0 Å². The van der Waals surface area contributed by atoms with Gasteiger partial charge in [0.2, 0.25) is 0 Å². The van der Waals surface area contributed by atoms with E-state index in [1.165, 1.54) is 0 Å². The minimum atomic E-state index is 0.207. The SMILES string of the molecule is CC1(C)CNc2ccccc2OC1. The van der Waals surface area contributed by atoms with E-state index in [4.69, 9.17) is 4.74 Å². The number of nitrogens with one attached hydrogen (secondary N) is 1. The number of hydrogen-bond acceptors (Lipinski definition) is 2. The van der Waals surface area contributed by atoms with Gasteiger partial charge in [-0.1, -0.05) is 26.0 Å². The van der Waals surface area contributed by atoms with Gasteiger partial charge >= 0.3 is 0 Å². The summed E-state index contributed by atoms with van der Waals surface area (Å²) >= 11 is 0.